The molecule has 0 bridgehead atoms. The fourth-order valence-electron chi connectivity index (χ4n) is 9.97. The number of carbonyl (C=O) groups is 9. The first-order valence-corrected chi connectivity index (χ1v) is 30.5. The average Bonchev–Trinajstić information content (AvgIpc) is 2.08. The van der Waals surface area contributed by atoms with Crippen LogP contribution in [0.1, 0.15) is 159 Å². The van der Waals surface area contributed by atoms with E-state index in [1.165, 1.54) is 32.9 Å². The quantitative estimate of drug-likeness (QED) is 0.0631. The number of carbonyl (C=O) groups excluding carboxylic acids is 9. The Morgan fingerprint density at radius 3 is 1.28 bits per heavy atom. The number of hydrogen-bond donors (Lipinski definition) is 2. The maximum absolute atomic E-state index is 12.5. The Morgan fingerprint density at radius 2 is 0.941 bits per heavy atom. The van der Waals surface area contributed by atoms with Crippen LogP contribution in [-0.4, -0.2) is 69.0 Å². The number of allylic oxidation sites excluding steroid dienone is 2. The van der Waals surface area contributed by atoms with E-state index in [0.717, 1.165) is 79.4 Å². The van der Waals surface area contributed by atoms with Gasteiger partial charge in [-0.05, 0) is 174 Å². The lowest BCUT2D eigenvalue weighted by atomic mass is 9.88. The molecule has 0 aromatic heterocycles. The first kappa shape index (κ1) is 69.4. The van der Waals surface area contributed by atoms with Crippen LogP contribution in [0.3, 0.4) is 0 Å². The van der Waals surface area contributed by atoms with Gasteiger partial charge in [-0.15, -0.1) is 0 Å². The van der Waals surface area contributed by atoms with Crippen molar-refractivity contribution in [2.75, 3.05) is 0 Å². The van der Waals surface area contributed by atoms with Crippen LogP contribution in [0.5, 0.6) is 0 Å². The third-order valence-electron chi connectivity index (χ3n) is 15.2. The topological polar surface area (TPSA) is 189 Å². The molecule has 4 saturated carbocycles. The smallest absolute Gasteiger partial charge is 0.226 e. The van der Waals surface area contributed by atoms with Crippen LogP contribution in [0.2, 0.25) is 50.2 Å². The molecular formula is C63H58Cl10N2O10. The third kappa shape index (κ3) is 17.8. The van der Waals surface area contributed by atoms with Crippen LogP contribution in [0, 0.1) is 16.2 Å². The Balaban J connectivity index is 0.000000170. The molecule has 1 atom stereocenters. The van der Waals surface area contributed by atoms with E-state index in [0.29, 0.717) is 94.0 Å². The van der Waals surface area contributed by atoms with Crippen LogP contribution < -0.4 is 5.32 Å². The Hall–Kier alpha value is -4.67. The van der Waals surface area contributed by atoms with Gasteiger partial charge in [-0.3, -0.25) is 38.5 Å². The number of benzene rings is 5. The SMILES string of the molecule is CC(=O)CC1(C(=O)c2ccc(Cl)cc2Cl)CC1.CC(=O)CC1(C(O)c2ccc(Cl)cc2Cl)CC1.CC(=O)N(C=O)C1(C(=O)c2ccc(Cl)cc2Cl)CC1.CC(=O)NC1=C(c2ccc(Cl)cc2Cl)CC1.O=CCC1(C(=O)c2ccc(Cl)cc2Cl)CC1. The molecule has 5 aliphatic rings. The van der Waals surface area contributed by atoms with E-state index in [1.807, 2.05) is 6.07 Å². The second-order valence-corrected chi connectivity index (χ2v) is 26.0. The van der Waals surface area contributed by atoms with Gasteiger partial charge in [0.15, 0.2) is 17.3 Å². The summed E-state index contributed by atoms with van der Waals surface area (Å²) in [6.07, 6.45) is 9.09. The largest absolute Gasteiger partial charge is 0.388 e. The highest BCUT2D eigenvalue weighted by Gasteiger charge is 2.57. The van der Waals surface area contributed by atoms with Gasteiger partial charge in [0.1, 0.15) is 23.4 Å². The zero-order chi connectivity index (χ0) is 62.9. The summed E-state index contributed by atoms with van der Waals surface area (Å²) in [5, 5.41) is 17.8. The highest BCUT2D eigenvalue weighted by Crippen LogP contribution is 2.59. The highest BCUT2D eigenvalue weighted by molar-refractivity contribution is 6.39. The van der Waals surface area contributed by atoms with Gasteiger partial charge in [-0.1, -0.05) is 128 Å². The van der Waals surface area contributed by atoms with Gasteiger partial charge in [0.05, 0.1) is 21.2 Å². The number of rotatable bonds is 18. The molecule has 0 aliphatic heterocycles. The summed E-state index contributed by atoms with van der Waals surface area (Å²) in [4.78, 5) is 104. The second-order valence-electron chi connectivity index (χ2n) is 21.8. The van der Waals surface area contributed by atoms with Crippen molar-refractivity contribution in [3.8, 4) is 0 Å². The van der Waals surface area contributed by atoms with Crippen molar-refractivity contribution in [1.29, 1.82) is 0 Å². The van der Waals surface area contributed by atoms with Gasteiger partial charge in [0.25, 0.3) is 0 Å². The number of halogens is 10. The normalized spacial score (nSPS) is 16.6. The van der Waals surface area contributed by atoms with Crippen LogP contribution in [0.25, 0.3) is 5.57 Å². The minimum Gasteiger partial charge on any atom is -0.388 e. The zero-order valence-corrected chi connectivity index (χ0v) is 54.0. The number of aliphatic hydroxyl groups excluding tert-OH is 1. The number of aldehydes is 1. The van der Waals surface area contributed by atoms with Crippen molar-refractivity contribution in [3.05, 3.63) is 175 Å². The summed E-state index contributed by atoms with van der Waals surface area (Å²) in [6, 6.07) is 24.6. The van der Waals surface area contributed by atoms with E-state index in [9.17, 15) is 48.3 Å². The zero-order valence-electron chi connectivity index (χ0n) is 46.4. The number of aliphatic hydroxyl groups is 1. The van der Waals surface area contributed by atoms with Crippen molar-refractivity contribution in [3.63, 3.8) is 0 Å². The maximum atomic E-state index is 12.5. The molecule has 10 rings (SSSR count). The summed E-state index contributed by atoms with van der Waals surface area (Å²) in [6.45, 7) is 5.82. The predicted molar refractivity (Wildman–Crippen MR) is 337 cm³/mol. The number of amides is 3. The van der Waals surface area contributed by atoms with Gasteiger partial charge in [-0.2, -0.15) is 0 Å². The fraction of sp³-hybridized carbons (Fsp3) is 0.349. The molecule has 5 aromatic rings. The molecule has 0 heterocycles. The monoisotopic (exact) mass is 1350 g/mol. The molecule has 12 nitrogen and oxygen atoms in total. The number of imide groups is 1. The van der Waals surface area contributed by atoms with Crippen LogP contribution >= 0.6 is 116 Å². The standard InChI is InChI=1S/C13H11Cl2NO3.C13H14Cl2O2.C13H12Cl2O2.C12H11Cl2NO.C12H10Cl2O2/c1-8(18)16(7-17)13(4-5-13)12(19)10-3-2-9(14)6-11(10)15;2*1-8(16)7-13(4-5-13)12(17)10-3-2-9(14)6-11(10)15;1-7(16)15-12-5-4-10(12)9-3-2-8(13)6-11(9)14;13-8-1-2-9(10(14)7-8)11(16)12(3-4-12)5-6-15/h2-3,6-7H,4-5H2,1H3;2-3,6,12,17H,4-5,7H2,1H3;2-3,6H,4-5,7H2,1H3;2-3,6H,4-5H2,1H3,(H,15,16);1-2,6-7H,3-5H2. The highest BCUT2D eigenvalue weighted by atomic mass is 35.5. The molecule has 22 heteroatoms. The lowest BCUT2D eigenvalue weighted by molar-refractivity contribution is -0.139. The molecule has 0 saturated heterocycles. The molecule has 0 radical (unpaired) electrons. The number of hydrogen-bond acceptors (Lipinski definition) is 10. The lowest BCUT2D eigenvalue weighted by Crippen LogP contribution is -2.45. The second kappa shape index (κ2) is 29.6. The van der Waals surface area contributed by atoms with E-state index in [2.05, 4.69) is 5.32 Å². The van der Waals surface area contributed by atoms with E-state index in [1.54, 1.807) is 79.7 Å². The summed E-state index contributed by atoms with van der Waals surface area (Å²) in [5.74, 6) is -0.747. The van der Waals surface area contributed by atoms with Crippen molar-refractivity contribution in [2.24, 2.45) is 16.2 Å². The van der Waals surface area contributed by atoms with Gasteiger partial charge in [0.2, 0.25) is 18.2 Å². The van der Waals surface area contributed by atoms with Gasteiger partial charge < -0.3 is 20.0 Å². The van der Waals surface area contributed by atoms with Crippen molar-refractivity contribution in [2.45, 2.75) is 123 Å². The van der Waals surface area contributed by atoms with Gasteiger partial charge >= 0.3 is 0 Å². The minimum atomic E-state index is -1.06. The molecule has 450 valence electrons. The Bertz CT molecular complexity index is 3500. The van der Waals surface area contributed by atoms with Gasteiger partial charge in [-0.25, -0.2) is 0 Å². The van der Waals surface area contributed by atoms with Crippen LogP contribution in [0.15, 0.2) is 96.7 Å². The minimum absolute atomic E-state index is 0.0330. The van der Waals surface area contributed by atoms with E-state index in [-0.39, 0.29) is 57.2 Å². The van der Waals surface area contributed by atoms with Crippen LogP contribution in [0.4, 0.5) is 0 Å². The molecule has 2 N–H and O–H groups in total. The summed E-state index contributed by atoms with van der Waals surface area (Å²) >= 11 is 59.1. The fourth-order valence-corrected chi connectivity index (χ4v) is 12.5. The van der Waals surface area contributed by atoms with Crippen molar-refractivity contribution < 1.29 is 48.3 Å². The Labute approximate surface area is 543 Å². The molecule has 5 aliphatic carbocycles. The Kier molecular flexibility index (Phi) is 24.1. The Morgan fingerprint density at radius 1 is 0.518 bits per heavy atom. The molecule has 3 amide bonds. The molecule has 1 unspecified atom stereocenters. The number of nitrogens with zero attached hydrogens (tertiary/aromatic N) is 1. The maximum Gasteiger partial charge on any atom is 0.226 e. The van der Waals surface area contributed by atoms with E-state index >= 15 is 0 Å². The van der Waals surface area contributed by atoms with E-state index in [4.69, 9.17) is 116 Å². The number of ketones is 5. The molecule has 85 heavy (non-hydrogen) atoms. The molecule has 0 spiro atoms. The third-order valence-corrected chi connectivity index (χ3v) is 18.0. The molecular weight excluding hydrogens is 1300 g/mol. The first-order valence-electron chi connectivity index (χ1n) is 26.7. The molecule has 4 fully saturated rings. The summed E-state index contributed by atoms with van der Waals surface area (Å²) in [7, 11) is 0. The van der Waals surface area contributed by atoms with Crippen molar-refractivity contribution >= 4 is 175 Å². The van der Waals surface area contributed by atoms with Crippen molar-refractivity contribution in [1.82, 2.24) is 10.2 Å². The number of nitrogens with one attached hydrogen (secondary N) is 1. The predicted octanol–water partition coefficient (Wildman–Crippen LogP) is 17.6. The first-order chi connectivity index (χ1) is 40.0. The van der Waals surface area contributed by atoms with Crippen LogP contribution in [-0.2, 0) is 28.8 Å². The van der Waals surface area contributed by atoms with E-state index < -0.39 is 28.4 Å². The summed E-state index contributed by atoms with van der Waals surface area (Å²) < 4.78 is 0. The average molecular weight is 1360 g/mol. The molecule has 5 aromatic carbocycles. The summed E-state index contributed by atoms with van der Waals surface area (Å²) in [5.41, 5.74) is 2.55. The lowest BCUT2D eigenvalue weighted by Gasteiger charge is -2.25. The number of Topliss-reactive ketones (excluding diaryl/α,β-unsaturated/α-hetero) is 5. The van der Waals surface area contributed by atoms with Gasteiger partial charge in [0, 0.05) is 107 Å².